The molecular weight excluding hydrogens is 436 g/mol. The molecule has 33 heavy (non-hydrogen) atoms. The van der Waals surface area contributed by atoms with Crippen LogP contribution in [0.25, 0.3) is 15.8 Å². The average Bonchev–Trinajstić information content (AvgIpc) is 3.33. The zero-order valence-corrected chi connectivity index (χ0v) is 19.6. The van der Waals surface area contributed by atoms with E-state index in [2.05, 4.69) is 53.2 Å². The molecule has 0 saturated carbocycles. The number of rotatable bonds is 6. The topological polar surface area (TPSA) is 89.5 Å². The first-order valence-corrected chi connectivity index (χ1v) is 11.4. The van der Waals surface area contributed by atoms with E-state index in [4.69, 9.17) is 0 Å². The molecule has 2 aromatic heterocycles. The number of carbonyl (C=O) groups excluding carboxylic acids is 1. The lowest BCUT2D eigenvalue weighted by atomic mass is 10.0. The van der Waals surface area contributed by atoms with Crippen molar-refractivity contribution in [3.05, 3.63) is 92.1 Å². The van der Waals surface area contributed by atoms with Gasteiger partial charge in [-0.1, -0.05) is 26.0 Å². The molecule has 0 fully saturated rings. The van der Waals surface area contributed by atoms with Crippen LogP contribution in [0.5, 0.6) is 0 Å². The van der Waals surface area contributed by atoms with Crippen LogP contribution in [0.4, 0.5) is 5.69 Å². The summed E-state index contributed by atoms with van der Waals surface area (Å²) in [5.74, 6) is 0.126. The van der Waals surface area contributed by atoms with Crippen molar-refractivity contribution in [1.29, 1.82) is 0 Å². The third kappa shape index (κ3) is 4.56. The summed E-state index contributed by atoms with van der Waals surface area (Å²) in [5, 5.41) is 15.8. The number of fused-ring (bicyclic) bond motifs is 1. The highest BCUT2D eigenvalue weighted by molar-refractivity contribution is 7.20. The van der Waals surface area contributed by atoms with Gasteiger partial charge in [-0.3, -0.25) is 14.9 Å². The van der Waals surface area contributed by atoms with Gasteiger partial charge in [0.2, 0.25) is 0 Å². The molecule has 2 aromatic carbocycles. The lowest BCUT2D eigenvalue weighted by Crippen LogP contribution is -2.16. The fourth-order valence-electron chi connectivity index (χ4n) is 3.80. The number of hydrogen-bond donors (Lipinski definition) is 1. The zero-order chi connectivity index (χ0) is 23.7. The molecule has 0 saturated heterocycles. The second-order valence-corrected chi connectivity index (χ2v) is 9.28. The van der Waals surface area contributed by atoms with Crippen LogP contribution in [0.1, 0.15) is 52.0 Å². The number of nitro groups is 1. The molecule has 4 aromatic rings. The van der Waals surface area contributed by atoms with Crippen molar-refractivity contribution in [1.82, 2.24) is 9.99 Å². The molecule has 0 spiro atoms. The van der Waals surface area contributed by atoms with Gasteiger partial charge >= 0.3 is 0 Å². The molecule has 4 rings (SSSR count). The number of carbonyl (C=O) groups is 1. The Hall–Kier alpha value is -3.78. The maximum atomic E-state index is 12.5. The number of nitrogens with one attached hydrogen (secondary N) is 1. The molecular formula is C25H24N4O3S. The first-order chi connectivity index (χ1) is 15.7. The number of nitrogens with zero attached hydrogens (tertiary/aromatic N) is 3. The first kappa shape index (κ1) is 22.4. The SMILES string of the molecule is Cc1cc(/C=N\NC(=O)c2cc3cc([N+](=O)[O-])ccc3s2)c(C)n1-c1ccc(C(C)C)cc1. The Morgan fingerprint density at radius 2 is 1.85 bits per heavy atom. The van der Waals surface area contributed by atoms with Crippen LogP contribution in [0.15, 0.2) is 59.7 Å². The Labute approximate surface area is 195 Å². The van der Waals surface area contributed by atoms with E-state index in [1.54, 1.807) is 18.3 Å². The number of non-ortho nitro benzene ring substituents is 1. The predicted molar refractivity (Wildman–Crippen MR) is 133 cm³/mol. The molecule has 0 unspecified atom stereocenters. The molecule has 0 bridgehead atoms. The van der Waals surface area contributed by atoms with Crippen LogP contribution in [-0.4, -0.2) is 21.6 Å². The van der Waals surface area contributed by atoms with Gasteiger partial charge in [0.1, 0.15) is 0 Å². The molecule has 0 aliphatic heterocycles. The summed E-state index contributed by atoms with van der Waals surface area (Å²) in [6, 6.07) is 16.7. The molecule has 0 aliphatic carbocycles. The normalized spacial score (nSPS) is 11.5. The Kier molecular flexibility index (Phi) is 6.11. The summed E-state index contributed by atoms with van der Waals surface area (Å²) in [6.45, 7) is 8.40. The Morgan fingerprint density at radius 3 is 2.52 bits per heavy atom. The Bertz CT molecular complexity index is 1380. The predicted octanol–water partition coefficient (Wildman–Crippen LogP) is 6.10. The molecule has 0 atom stereocenters. The van der Waals surface area contributed by atoms with Gasteiger partial charge in [0, 0.05) is 44.9 Å². The summed E-state index contributed by atoms with van der Waals surface area (Å²) >= 11 is 1.27. The summed E-state index contributed by atoms with van der Waals surface area (Å²) in [7, 11) is 0. The molecule has 1 N–H and O–H groups in total. The largest absolute Gasteiger partial charge is 0.318 e. The van der Waals surface area contributed by atoms with Crippen LogP contribution >= 0.6 is 11.3 Å². The van der Waals surface area contributed by atoms with Crippen molar-refractivity contribution in [2.45, 2.75) is 33.6 Å². The number of aromatic nitrogens is 1. The van der Waals surface area contributed by atoms with Gasteiger partial charge in [-0.2, -0.15) is 5.10 Å². The molecule has 0 aliphatic rings. The highest BCUT2D eigenvalue weighted by Gasteiger charge is 2.14. The number of hydrazone groups is 1. The highest BCUT2D eigenvalue weighted by atomic mass is 32.1. The quantitative estimate of drug-likeness (QED) is 0.214. The molecule has 1 amide bonds. The van der Waals surface area contributed by atoms with Crippen molar-refractivity contribution in [2.75, 3.05) is 0 Å². The molecule has 7 nitrogen and oxygen atoms in total. The van der Waals surface area contributed by atoms with Gasteiger partial charge in [-0.05, 0) is 55.7 Å². The van der Waals surface area contributed by atoms with Crippen molar-refractivity contribution >= 4 is 39.2 Å². The van der Waals surface area contributed by atoms with Crippen LogP contribution in [0, 0.1) is 24.0 Å². The summed E-state index contributed by atoms with van der Waals surface area (Å²) in [5.41, 5.74) is 7.94. The van der Waals surface area contributed by atoms with Crippen molar-refractivity contribution < 1.29 is 9.72 Å². The number of benzene rings is 2. The van der Waals surface area contributed by atoms with E-state index in [9.17, 15) is 14.9 Å². The smallest absolute Gasteiger partial charge is 0.281 e. The fraction of sp³-hybridized carbons (Fsp3) is 0.200. The van der Waals surface area contributed by atoms with E-state index >= 15 is 0 Å². The molecule has 168 valence electrons. The van der Waals surface area contributed by atoms with Gasteiger partial charge in [0.15, 0.2) is 0 Å². The second-order valence-electron chi connectivity index (χ2n) is 8.20. The third-order valence-electron chi connectivity index (χ3n) is 5.59. The van der Waals surface area contributed by atoms with Crippen LogP contribution in [0.2, 0.25) is 0 Å². The number of thiophene rings is 1. The van der Waals surface area contributed by atoms with E-state index in [0.717, 1.165) is 27.3 Å². The molecule has 2 heterocycles. The Morgan fingerprint density at radius 1 is 1.12 bits per heavy atom. The van der Waals surface area contributed by atoms with Crippen molar-refractivity contribution in [3.63, 3.8) is 0 Å². The van der Waals surface area contributed by atoms with Crippen LogP contribution in [0.3, 0.4) is 0 Å². The van der Waals surface area contributed by atoms with E-state index in [1.165, 1.54) is 29.0 Å². The third-order valence-corrected chi connectivity index (χ3v) is 6.71. The summed E-state index contributed by atoms with van der Waals surface area (Å²) in [6.07, 6.45) is 1.64. The number of amides is 1. The van der Waals surface area contributed by atoms with Crippen LogP contribution < -0.4 is 5.43 Å². The number of nitro benzene ring substituents is 1. The molecule has 0 radical (unpaired) electrons. The van der Waals surface area contributed by atoms with Crippen molar-refractivity contribution in [3.8, 4) is 5.69 Å². The first-order valence-electron chi connectivity index (χ1n) is 10.5. The maximum absolute atomic E-state index is 12.5. The van der Waals surface area contributed by atoms with Gasteiger partial charge < -0.3 is 4.57 Å². The highest BCUT2D eigenvalue weighted by Crippen LogP contribution is 2.29. The lowest BCUT2D eigenvalue weighted by Gasteiger charge is -2.12. The second kappa shape index (κ2) is 8.99. The zero-order valence-electron chi connectivity index (χ0n) is 18.8. The minimum Gasteiger partial charge on any atom is -0.318 e. The average molecular weight is 461 g/mol. The molecule has 8 heteroatoms. The van der Waals surface area contributed by atoms with E-state index in [1.807, 2.05) is 19.9 Å². The van der Waals surface area contributed by atoms with Gasteiger partial charge in [0.05, 0.1) is 16.0 Å². The number of aryl methyl sites for hydroxylation is 1. The lowest BCUT2D eigenvalue weighted by molar-refractivity contribution is -0.384. The fourth-order valence-corrected chi connectivity index (χ4v) is 4.73. The maximum Gasteiger partial charge on any atom is 0.281 e. The Balaban J connectivity index is 1.50. The number of hydrogen-bond acceptors (Lipinski definition) is 5. The summed E-state index contributed by atoms with van der Waals surface area (Å²) < 4.78 is 2.97. The van der Waals surface area contributed by atoms with Gasteiger partial charge in [0.25, 0.3) is 11.6 Å². The van der Waals surface area contributed by atoms with E-state index in [-0.39, 0.29) is 11.6 Å². The minimum atomic E-state index is -0.448. The van der Waals surface area contributed by atoms with Gasteiger partial charge in [-0.15, -0.1) is 11.3 Å². The minimum absolute atomic E-state index is 0.000480. The standard InChI is InChI=1S/C25H24N4O3S/c1-15(2)18-5-7-21(8-6-18)28-16(3)11-20(17(28)4)14-26-27-25(30)24-13-19-12-22(29(31)32)9-10-23(19)33-24/h5-15H,1-4H3,(H,27,30)/b26-14-. The van der Waals surface area contributed by atoms with E-state index in [0.29, 0.717) is 16.2 Å². The van der Waals surface area contributed by atoms with E-state index < -0.39 is 4.92 Å². The van der Waals surface area contributed by atoms with Crippen LogP contribution in [-0.2, 0) is 0 Å². The van der Waals surface area contributed by atoms with Gasteiger partial charge in [-0.25, -0.2) is 5.43 Å². The summed E-state index contributed by atoms with van der Waals surface area (Å²) in [4.78, 5) is 23.5. The van der Waals surface area contributed by atoms with Crippen molar-refractivity contribution in [2.24, 2.45) is 5.10 Å². The monoisotopic (exact) mass is 460 g/mol.